The van der Waals surface area contributed by atoms with Crippen LogP contribution < -0.4 is 10.6 Å². The highest BCUT2D eigenvalue weighted by Crippen LogP contribution is 2.35. The van der Waals surface area contributed by atoms with E-state index in [0.29, 0.717) is 11.9 Å². The highest BCUT2D eigenvalue weighted by atomic mass is 32.1. The third kappa shape index (κ3) is 1.76. The summed E-state index contributed by atoms with van der Waals surface area (Å²) >= 11 is 1.85. The molecule has 17 heavy (non-hydrogen) atoms. The van der Waals surface area contributed by atoms with Gasteiger partial charge in [0.1, 0.15) is 18.0 Å². The number of nitrogen functional groups attached to an aromatic ring is 1. The van der Waals surface area contributed by atoms with Gasteiger partial charge in [-0.3, -0.25) is 0 Å². The summed E-state index contributed by atoms with van der Waals surface area (Å²) in [5, 5.41) is 2.17. The van der Waals surface area contributed by atoms with Crippen molar-refractivity contribution in [3.63, 3.8) is 0 Å². The largest absolute Gasteiger partial charge is 0.384 e. The summed E-state index contributed by atoms with van der Waals surface area (Å²) in [6, 6.07) is 4.41. The van der Waals surface area contributed by atoms with Crippen LogP contribution in [-0.2, 0) is 6.42 Å². The number of rotatable bonds is 1. The molecule has 0 fully saturated rings. The Labute approximate surface area is 104 Å². The topological polar surface area (TPSA) is 55.0 Å². The summed E-state index contributed by atoms with van der Waals surface area (Å²) in [7, 11) is 0. The van der Waals surface area contributed by atoms with Crippen LogP contribution in [0.15, 0.2) is 23.8 Å². The second-order valence-corrected chi connectivity index (χ2v) is 5.22. The van der Waals surface area contributed by atoms with Gasteiger partial charge in [0, 0.05) is 17.5 Å². The van der Waals surface area contributed by atoms with Crippen LogP contribution in [0.2, 0.25) is 0 Å². The zero-order valence-electron chi connectivity index (χ0n) is 9.63. The van der Waals surface area contributed by atoms with Crippen LogP contribution in [0.4, 0.5) is 11.6 Å². The average molecular weight is 246 g/mol. The molecular weight excluding hydrogens is 232 g/mol. The van der Waals surface area contributed by atoms with Crippen molar-refractivity contribution >= 4 is 23.0 Å². The molecule has 0 saturated carbocycles. The van der Waals surface area contributed by atoms with E-state index in [0.717, 1.165) is 18.8 Å². The second kappa shape index (κ2) is 4.00. The van der Waals surface area contributed by atoms with E-state index in [4.69, 9.17) is 5.73 Å². The van der Waals surface area contributed by atoms with Crippen LogP contribution in [0.1, 0.15) is 23.4 Å². The normalized spacial score (nSPS) is 19.1. The molecule has 3 heterocycles. The third-order valence-corrected chi connectivity index (χ3v) is 4.24. The van der Waals surface area contributed by atoms with Crippen molar-refractivity contribution in [2.45, 2.75) is 19.4 Å². The number of hydrogen-bond acceptors (Lipinski definition) is 5. The van der Waals surface area contributed by atoms with E-state index >= 15 is 0 Å². The first kappa shape index (κ1) is 10.5. The SMILES string of the molecule is CC1c2ccsc2CCN1c1cc(N)ncn1. The lowest BCUT2D eigenvalue weighted by Crippen LogP contribution is -2.33. The van der Waals surface area contributed by atoms with Crippen LogP contribution in [0.25, 0.3) is 0 Å². The molecule has 0 aliphatic carbocycles. The van der Waals surface area contributed by atoms with Gasteiger partial charge in [0.25, 0.3) is 0 Å². The zero-order chi connectivity index (χ0) is 11.8. The lowest BCUT2D eigenvalue weighted by molar-refractivity contribution is 0.624. The van der Waals surface area contributed by atoms with Gasteiger partial charge in [0.2, 0.25) is 0 Å². The second-order valence-electron chi connectivity index (χ2n) is 4.22. The van der Waals surface area contributed by atoms with Crippen LogP contribution in [0, 0.1) is 0 Å². The molecule has 2 N–H and O–H groups in total. The van der Waals surface area contributed by atoms with Gasteiger partial charge in [0.15, 0.2) is 0 Å². The molecule has 0 spiro atoms. The van der Waals surface area contributed by atoms with Gasteiger partial charge >= 0.3 is 0 Å². The maximum atomic E-state index is 5.71. The molecule has 0 amide bonds. The minimum atomic E-state index is 0.360. The van der Waals surface area contributed by atoms with E-state index in [2.05, 4.69) is 33.2 Å². The molecule has 1 aliphatic heterocycles. The molecule has 0 aromatic carbocycles. The van der Waals surface area contributed by atoms with Gasteiger partial charge in [0.05, 0.1) is 6.04 Å². The summed E-state index contributed by atoms with van der Waals surface area (Å²) in [6.07, 6.45) is 2.61. The first-order valence-electron chi connectivity index (χ1n) is 5.66. The molecule has 88 valence electrons. The maximum absolute atomic E-state index is 5.71. The first-order chi connectivity index (χ1) is 8.25. The molecule has 4 nitrogen and oxygen atoms in total. The van der Waals surface area contributed by atoms with Crippen LogP contribution in [-0.4, -0.2) is 16.5 Å². The molecule has 1 aliphatic rings. The number of aromatic nitrogens is 2. The monoisotopic (exact) mass is 246 g/mol. The molecule has 1 atom stereocenters. The van der Waals surface area contributed by atoms with Gasteiger partial charge in [-0.25, -0.2) is 9.97 Å². The number of anilines is 2. The molecule has 0 radical (unpaired) electrons. The van der Waals surface area contributed by atoms with Gasteiger partial charge in [-0.1, -0.05) is 0 Å². The Bertz CT molecular complexity index is 537. The fourth-order valence-electron chi connectivity index (χ4n) is 2.34. The highest BCUT2D eigenvalue weighted by molar-refractivity contribution is 7.10. The summed E-state index contributed by atoms with van der Waals surface area (Å²) in [5.41, 5.74) is 7.12. The molecule has 0 saturated heterocycles. The Morgan fingerprint density at radius 2 is 2.35 bits per heavy atom. The van der Waals surface area contributed by atoms with Gasteiger partial charge in [-0.15, -0.1) is 11.3 Å². The van der Waals surface area contributed by atoms with E-state index in [1.165, 1.54) is 16.8 Å². The van der Waals surface area contributed by atoms with E-state index in [1.54, 1.807) is 0 Å². The minimum absolute atomic E-state index is 0.360. The number of nitrogens with two attached hydrogens (primary N) is 1. The van der Waals surface area contributed by atoms with Crippen molar-refractivity contribution in [3.05, 3.63) is 34.3 Å². The van der Waals surface area contributed by atoms with Crippen molar-refractivity contribution in [2.24, 2.45) is 0 Å². The molecule has 5 heteroatoms. The Morgan fingerprint density at radius 3 is 3.18 bits per heavy atom. The Balaban J connectivity index is 1.96. The van der Waals surface area contributed by atoms with Crippen molar-refractivity contribution < 1.29 is 0 Å². The summed E-state index contributed by atoms with van der Waals surface area (Å²) < 4.78 is 0. The number of fused-ring (bicyclic) bond motifs is 1. The maximum Gasteiger partial charge on any atom is 0.134 e. The number of nitrogens with zero attached hydrogens (tertiary/aromatic N) is 3. The van der Waals surface area contributed by atoms with E-state index < -0.39 is 0 Å². The van der Waals surface area contributed by atoms with Gasteiger partial charge < -0.3 is 10.6 Å². The minimum Gasteiger partial charge on any atom is -0.384 e. The smallest absolute Gasteiger partial charge is 0.134 e. The lowest BCUT2D eigenvalue weighted by Gasteiger charge is -2.34. The van der Waals surface area contributed by atoms with Crippen molar-refractivity contribution in [3.8, 4) is 0 Å². The van der Waals surface area contributed by atoms with Crippen LogP contribution in [0.3, 0.4) is 0 Å². The Hall–Kier alpha value is -1.62. The molecule has 2 aromatic rings. The fourth-order valence-corrected chi connectivity index (χ4v) is 3.30. The van der Waals surface area contributed by atoms with Crippen LogP contribution in [0.5, 0.6) is 0 Å². The van der Waals surface area contributed by atoms with Gasteiger partial charge in [-0.05, 0) is 30.4 Å². The fraction of sp³-hybridized carbons (Fsp3) is 0.333. The highest BCUT2D eigenvalue weighted by Gasteiger charge is 2.25. The first-order valence-corrected chi connectivity index (χ1v) is 6.54. The Morgan fingerprint density at radius 1 is 1.47 bits per heavy atom. The standard InChI is InChI=1S/C12H14N4S/c1-8-9-3-5-17-10(9)2-4-16(8)12-6-11(13)14-7-15-12/h3,5-8H,2,4H2,1H3,(H2,13,14,15). The summed E-state index contributed by atoms with van der Waals surface area (Å²) in [5.74, 6) is 1.44. The van der Waals surface area contributed by atoms with Crippen LogP contribution >= 0.6 is 11.3 Å². The van der Waals surface area contributed by atoms with E-state index in [1.807, 2.05) is 17.4 Å². The number of thiophene rings is 1. The third-order valence-electron chi connectivity index (χ3n) is 3.25. The number of hydrogen-bond donors (Lipinski definition) is 1. The van der Waals surface area contributed by atoms with E-state index in [9.17, 15) is 0 Å². The summed E-state index contributed by atoms with van der Waals surface area (Å²) in [6.45, 7) is 3.20. The van der Waals surface area contributed by atoms with Crippen molar-refractivity contribution in [2.75, 3.05) is 17.2 Å². The van der Waals surface area contributed by atoms with Crippen molar-refractivity contribution in [1.82, 2.24) is 9.97 Å². The molecule has 1 unspecified atom stereocenters. The predicted molar refractivity (Wildman–Crippen MR) is 70.2 cm³/mol. The van der Waals surface area contributed by atoms with Crippen molar-refractivity contribution in [1.29, 1.82) is 0 Å². The zero-order valence-corrected chi connectivity index (χ0v) is 10.4. The Kier molecular flexibility index (Phi) is 2.48. The van der Waals surface area contributed by atoms with Gasteiger partial charge in [-0.2, -0.15) is 0 Å². The van der Waals surface area contributed by atoms with E-state index in [-0.39, 0.29) is 0 Å². The molecule has 3 rings (SSSR count). The average Bonchev–Trinajstić information content (AvgIpc) is 2.78. The molecular formula is C12H14N4S. The molecule has 2 aromatic heterocycles. The summed E-state index contributed by atoms with van der Waals surface area (Å²) in [4.78, 5) is 12.0. The lowest BCUT2D eigenvalue weighted by atomic mass is 10.0. The predicted octanol–water partition coefficient (Wildman–Crippen LogP) is 2.24. The quantitative estimate of drug-likeness (QED) is 0.838. The molecule has 0 bridgehead atoms.